The smallest absolute Gasteiger partial charge is 0.239 e. The maximum absolute atomic E-state index is 12.5. The number of hydrogen-bond acceptors (Lipinski definition) is 3. The molecule has 0 bridgehead atoms. The number of aromatic amines is 1. The topological polar surface area (TPSA) is 52.2 Å². The van der Waals surface area contributed by atoms with Crippen LogP contribution >= 0.6 is 0 Å². The zero-order valence-corrected chi connectivity index (χ0v) is 17.3. The fourth-order valence-corrected chi connectivity index (χ4v) is 4.24. The van der Waals surface area contributed by atoms with Gasteiger partial charge in [-0.05, 0) is 18.1 Å². The van der Waals surface area contributed by atoms with Crippen molar-refractivity contribution in [3.05, 3.63) is 88.7 Å². The molecule has 3 aromatic rings. The lowest BCUT2D eigenvalue weighted by Gasteiger charge is -2.33. The molecule has 1 atom stereocenters. The molecule has 0 aliphatic carbocycles. The van der Waals surface area contributed by atoms with Gasteiger partial charge in [0.15, 0.2) is 0 Å². The lowest BCUT2D eigenvalue weighted by Crippen LogP contribution is -2.46. The van der Waals surface area contributed by atoms with Gasteiger partial charge in [-0.15, -0.1) is 0 Å². The maximum atomic E-state index is 12.5. The highest BCUT2D eigenvalue weighted by atomic mass is 16.2. The van der Waals surface area contributed by atoms with Gasteiger partial charge in [0.1, 0.15) is 0 Å². The van der Waals surface area contributed by atoms with E-state index in [1.54, 1.807) is 4.90 Å². The number of fused-ring (bicyclic) bond motifs is 1. The number of H-pyrrole nitrogens is 1. The molecule has 5 nitrogen and oxygen atoms in total. The maximum Gasteiger partial charge on any atom is 0.239 e. The molecule has 5 heteroatoms. The first-order valence-electron chi connectivity index (χ1n) is 10.2. The number of likely N-dealkylation sites (N-methyl/N-ethyl adjacent to an activating group) is 1. The van der Waals surface area contributed by atoms with Gasteiger partial charge in [0, 0.05) is 44.9 Å². The van der Waals surface area contributed by atoms with Gasteiger partial charge < -0.3 is 4.90 Å². The van der Waals surface area contributed by atoms with E-state index in [1.165, 1.54) is 22.4 Å². The van der Waals surface area contributed by atoms with Crippen molar-refractivity contribution in [1.29, 1.82) is 0 Å². The highest BCUT2D eigenvalue weighted by molar-refractivity contribution is 5.81. The van der Waals surface area contributed by atoms with E-state index in [9.17, 15) is 4.79 Å². The van der Waals surface area contributed by atoms with Gasteiger partial charge in [0.2, 0.25) is 5.91 Å². The van der Waals surface area contributed by atoms with E-state index >= 15 is 0 Å². The molecule has 1 aromatic heterocycles. The Labute approximate surface area is 172 Å². The van der Waals surface area contributed by atoms with E-state index in [4.69, 9.17) is 5.10 Å². The average Bonchev–Trinajstić information content (AvgIpc) is 3.17. The third-order valence-corrected chi connectivity index (χ3v) is 5.88. The van der Waals surface area contributed by atoms with Crippen LogP contribution in [0.1, 0.15) is 40.9 Å². The Morgan fingerprint density at radius 3 is 2.17 bits per heavy atom. The molecular weight excluding hydrogens is 360 g/mol. The summed E-state index contributed by atoms with van der Waals surface area (Å²) in [7, 11) is 3.64. The van der Waals surface area contributed by atoms with Crippen molar-refractivity contribution in [3.63, 3.8) is 0 Å². The van der Waals surface area contributed by atoms with Crippen molar-refractivity contribution in [3.8, 4) is 0 Å². The summed E-state index contributed by atoms with van der Waals surface area (Å²) < 4.78 is 0. The van der Waals surface area contributed by atoms with Crippen LogP contribution in [-0.4, -0.2) is 52.6 Å². The number of carbonyl (C=O) groups is 1. The van der Waals surface area contributed by atoms with Gasteiger partial charge in [0.25, 0.3) is 0 Å². The van der Waals surface area contributed by atoms with Crippen LogP contribution < -0.4 is 0 Å². The van der Waals surface area contributed by atoms with Crippen molar-refractivity contribution < 1.29 is 4.79 Å². The molecule has 4 rings (SSSR count). The first kappa shape index (κ1) is 19.4. The monoisotopic (exact) mass is 388 g/mol. The second kappa shape index (κ2) is 8.21. The van der Waals surface area contributed by atoms with Crippen molar-refractivity contribution in [2.24, 2.45) is 0 Å². The molecule has 0 fully saturated rings. The summed E-state index contributed by atoms with van der Waals surface area (Å²) in [5.74, 6) is 0.207. The molecule has 0 saturated heterocycles. The molecule has 1 aliphatic rings. The lowest BCUT2D eigenvalue weighted by atomic mass is 9.85. The molecule has 29 heavy (non-hydrogen) atoms. The van der Waals surface area contributed by atoms with Crippen LogP contribution in [0.5, 0.6) is 0 Å². The van der Waals surface area contributed by atoms with Crippen molar-refractivity contribution in [1.82, 2.24) is 20.0 Å². The van der Waals surface area contributed by atoms with E-state index in [-0.39, 0.29) is 17.9 Å². The third kappa shape index (κ3) is 3.83. The number of benzene rings is 2. The van der Waals surface area contributed by atoms with Crippen LogP contribution in [0.2, 0.25) is 0 Å². The highest BCUT2D eigenvalue weighted by Crippen LogP contribution is 2.35. The molecule has 2 heterocycles. The molecule has 0 saturated carbocycles. The van der Waals surface area contributed by atoms with Crippen molar-refractivity contribution in [2.45, 2.75) is 31.8 Å². The minimum atomic E-state index is -0.146. The Morgan fingerprint density at radius 2 is 1.62 bits per heavy atom. The summed E-state index contributed by atoms with van der Waals surface area (Å²) in [6.45, 7) is 3.59. The Balaban J connectivity index is 1.72. The summed E-state index contributed by atoms with van der Waals surface area (Å²) in [6.07, 6.45) is 0.879. The number of aromatic nitrogens is 2. The predicted molar refractivity (Wildman–Crippen MR) is 115 cm³/mol. The summed E-state index contributed by atoms with van der Waals surface area (Å²) in [4.78, 5) is 16.4. The molecule has 0 radical (unpaired) electrons. The first-order chi connectivity index (χ1) is 14.1. The first-order valence-corrected chi connectivity index (χ1v) is 10.2. The quantitative estimate of drug-likeness (QED) is 0.729. The summed E-state index contributed by atoms with van der Waals surface area (Å²) in [5.41, 5.74) is 5.93. The molecule has 1 aliphatic heterocycles. The molecule has 1 amide bonds. The van der Waals surface area contributed by atoms with Gasteiger partial charge in [-0.25, -0.2) is 0 Å². The van der Waals surface area contributed by atoms with Gasteiger partial charge in [-0.1, -0.05) is 60.7 Å². The van der Waals surface area contributed by atoms with Gasteiger partial charge in [0.05, 0.1) is 17.7 Å². The molecule has 1 N–H and O–H groups in total. The molecular formula is C24H28N4O. The third-order valence-electron chi connectivity index (χ3n) is 5.88. The number of nitrogens with zero attached hydrogens (tertiary/aromatic N) is 3. The Bertz CT molecular complexity index is 926. The van der Waals surface area contributed by atoms with Crippen LogP contribution in [0, 0.1) is 0 Å². The standard InChI is InChI=1S/C24H28N4O/c1-17(24(29)27(2)3)28-15-14-21-20(16-28)23(26-25-21)22(18-10-6-4-7-11-18)19-12-8-5-9-13-19/h4-13,17,22H,14-16H2,1-3H3,(H,25,26)/t17-/m0/s1. The molecule has 150 valence electrons. The minimum Gasteiger partial charge on any atom is -0.347 e. The second-order valence-corrected chi connectivity index (χ2v) is 7.95. The Kier molecular flexibility index (Phi) is 5.49. The van der Waals surface area contributed by atoms with Gasteiger partial charge >= 0.3 is 0 Å². The SMILES string of the molecule is C[C@@H](C(=O)N(C)C)N1CCc2[nH]nc(C(c3ccccc3)c3ccccc3)c2C1. The number of hydrogen-bond donors (Lipinski definition) is 1. The fourth-order valence-electron chi connectivity index (χ4n) is 4.24. The van der Waals surface area contributed by atoms with Gasteiger partial charge in [-0.2, -0.15) is 5.10 Å². The molecule has 0 unspecified atom stereocenters. The van der Waals surface area contributed by atoms with Crippen LogP contribution in [0.15, 0.2) is 60.7 Å². The Hall–Kier alpha value is -2.92. The molecule has 2 aromatic carbocycles. The Morgan fingerprint density at radius 1 is 1.03 bits per heavy atom. The number of nitrogens with one attached hydrogen (secondary N) is 1. The van der Waals surface area contributed by atoms with Crippen LogP contribution in [0.4, 0.5) is 0 Å². The highest BCUT2D eigenvalue weighted by Gasteiger charge is 2.32. The minimum absolute atomic E-state index is 0.0669. The van der Waals surface area contributed by atoms with E-state index in [0.717, 1.165) is 25.2 Å². The van der Waals surface area contributed by atoms with E-state index in [2.05, 4.69) is 58.5 Å². The number of carbonyl (C=O) groups excluding carboxylic acids is 1. The largest absolute Gasteiger partial charge is 0.347 e. The summed E-state index contributed by atoms with van der Waals surface area (Å²) in [6, 6.07) is 20.9. The van der Waals surface area contributed by atoms with Crippen LogP contribution in [-0.2, 0) is 17.8 Å². The summed E-state index contributed by atoms with van der Waals surface area (Å²) >= 11 is 0. The fraction of sp³-hybridized carbons (Fsp3) is 0.333. The van der Waals surface area contributed by atoms with Crippen molar-refractivity contribution in [2.75, 3.05) is 20.6 Å². The normalized spacial score (nSPS) is 15.2. The van der Waals surface area contributed by atoms with E-state index < -0.39 is 0 Å². The zero-order valence-electron chi connectivity index (χ0n) is 17.3. The number of amides is 1. The summed E-state index contributed by atoms with van der Waals surface area (Å²) in [5, 5.41) is 8.06. The van der Waals surface area contributed by atoms with Crippen molar-refractivity contribution >= 4 is 5.91 Å². The lowest BCUT2D eigenvalue weighted by molar-refractivity contribution is -0.134. The zero-order chi connectivity index (χ0) is 20.4. The average molecular weight is 389 g/mol. The molecule has 0 spiro atoms. The van der Waals surface area contributed by atoms with Crippen LogP contribution in [0.25, 0.3) is 0 Å². The second-order valence-electron chi connectivity index (χ2n) is 7.95. The van der Waals surface area contributed by atoms with Gasteiger partial charge in [-0.3, -0.25) is 14.8 Å². The van der Waals surface area contributed by atoms with E-state index in [0.29, 0.717) is 0 Å². The predicted octanol–water partition coefficient (Wildman–Crippen LogP) is 3.42. The van der Waals surface area contributed by atoms with E-state index in [1.807, 2.05) is 33.2 Å². The number of rotatable bonds is 5. The van der Waals surface area contributed by atoms with Crippen LogP contribution in [0.3, 0.4) is 0 Å².